The third kappa shape index (κ3) is 2.15. The number of halogens is 2. The third-order valence-corrected chi connectivity index (χ3v) is 1.73. The molecule has 4 heteroatoms. The maximum Gasteiger partial charge on any atom is 0.229 e. The van der Waals surface area contributed by atoms with Crippen LogP contribution in [0.4, 0.5) is 8.78 Å². The van der Waals surface area contributed by atoms with Gasteiger partial charge in [-0.15, -0.1) is 0 Å². The predicted molar refractivity (Wildman–Crippen MR) is 41.7 cm³/mol. The van der Waals surface area contributed by atoms with Crippen LogP contribution in [0.3, 0.4) is 0 Å². The number of alkyl halides is 1. The van der Waals surface area contributed by atoms with Crippen LogP contribution < -0.4 is 4.74 Å². The molecule has 1 heterocycles. The van der Waals surface area contributed by atoms with Crippen molar-refractivity contribution >= 4 is 0 Å². The van der Waals surface area contributed by atoms with Crippen LogP contribution in [0.25, 0.3) is 0 Å². The summed E-state index contributed by atoms with van der Waals surface area (Å²) in [6, 6.07) is 5.71. The molecule has 1 aromatic carbocycles. The van der Waals surface area contributed by atoms with E-state index in [-0.39, 0.29) is 12.4 Å². The SMILES string of the molecule is Fc1cccc(OCC2OC2F)c1. The van der Waals surface area contributed by atoms with E-state index in [4.69, 9.17) is 4.74 Å². The van der Waals surface area contributed by atoms with Gasteiger partial charge in [-0.05, 0) is 12.1 Å². The molecule has 0 N–H and O–H groups in total. The molecule has 1 saturated heterocycles. The normalized spacial score (nSPS) is 25.7. The van der Waals surface area contributed by atoms with Gasteiger partial charge in [-0.1, -0.05) is 6.07 Å². The molecule has 1 fully saturated rings. The van der Waals surface area contributed by atoms with Crippen LogP contribution in [0.2, 0.25) is 0 Å². The molecule has 0 saturated carbocycles. The molecule has 0 bridgehead atoms. The number of benzene rings is 1. The molecular formula is C9H8F2O2. The van der Waals surface area contributed by atoms with Gasteiger partial charge in [-0.3, -0.25) is 0 Å². The summed E-state index contributed by atoms with van der Waals surface area (Å²) >= 11 is 0. The molecule has 0 spiro atoms. The van der Waals surface area contributed by atoms with E-state index in [1.54, 1.807) is 6.07 Å². The van der Waals surface area contributed by atoms with Crippen molar-refractivity contribution in [1.82, 2.24) is 0 Å². The molecule has 2 unspecified atom stereocenters. The molecule has 13 heavy (non-hydrogen) atoms. The van der Waals surface area contributed by atoms with Crippen LogP contribution in [0.1, 0.15) is 0 Å². The van der Waals surface area contributed by atoms with Crippen molar-refractivity contribution in [2.45, 2.75) is 12.5 Å². The van der Waals surface area contributed by atoms with Gasteiger partial charge in [0.1, 0.15) is 18.2 Å². The fraction of sp³-hybridized carbons (Fsp3) is 0.333. The van der Waals surface area contributed by atoms with Gasteiger partial charge in [0.2, 0.25) is 6.36 Å². The van der Waals surface area contributed by atoms with Crippen molar-refractivity contribution in [3.8, 4) is 5.75 Å². The first kappa shape index (κ1) is 8.44. The molecular weight excluding hydrogens is 178 g/mol. The second-order valence-corrected chi connectivity index (χ2v) is 2.79. The van der Waals surface area contributed by atoms with E-state index in [9.17, 15) is 8.78 Å². The zero-order chi connectivity index (χ0) is 9.26. The van der Waals surface area contributed by atoms with Gasteiger partial charge >= 0.3 is 0 Å². The van der Waals surface area contributed by atoms with E-state index in [0.717, 1.165) is 0 Å². The summed E-state index contributed by atoms with van der Waals surface area (Å²) in [6.45, 7) is 0.130. The summed E-state index contributed by atoms with van der Waals surface area (Å²) < 4.78 is 34.3. The Morgan fingerprint density at radius 3 is 2.85 bits per heavy atom. The average Bonchev–Trinajstić information content (AvgIpc) is 2.79. The van der Waals surface area contributed by atoms with Gasteiger partial charge in [-0.2, -0.15) is 0 Å². The molecule has 0 radical (unpaired) electrons. The van der Waals surface area contributed by atoms with Crippen LogP contribution in [0.15, 0.2) is 24.3 Å². The standard InChI is InChI=1S/C9H8F2O2/c10-6-2-1-3-7(4-6)12-5-8-9(11)13-8/h1-4,8-9H,5H2. The molecule has 1 aromatic rings. The summed E-state index contributed by atoms with van der Waals surface area (Å²) in [6.07, 6.45) is -1.70. The summed E-state index contributed by atoms with van der Waals surface area (Å²) in [7, 11) is 0. The lowest BCUT2D eigenvalue weighted by molar-refractivity contribution is 0.240. The number of rotatable bonds is 3. The number of ether oxygens (including phenoxy) is 2. The van der Waals surface area contributed by atoms with Gasteiger partial charge in [-0.25, -0.2) is 8.78 Å². The highest BCUT2D eigenvalue weighted by Gasteiger charge is 2.39. The van der Waals surface area contributed by atoms with E-state index < -0.39 is 12.5 Å². The average molecular weight is 186 g/mol. The van der Waals surface area contributed by atoms with Crippen molar-refractivity contribution in [3.63, 3.8) is 0 Å². The van der Waals surface area contributed by atoms with Crippen LogP contribution in [-0.2, 0) is 4.74 Å². The minimum Gasteiger partial charge on any atom is -0.491 e. The minimum atomic E-state index is -1.21. The summed E-state index contributed by atoms with van der Waals surface area (Å²) in [4.78, 5) is 0. The molecule has 0 aliphatic carbocycles. The monoisotopic (exact) mass is 186 g/mol. The Hall–Kier alpha value is -1.16. The van der Waals surface area contributed by atoms with Crippen LogP contribution in [-0.4, -0.2) is 19.1 Å². The van der Waals surface area contributed by atoms with Crippen molar-refractivity contribution in [1.29, 1.82) is 0 Å². The summed E-state index contributed by atoms with van der Waals surface area (Å²) in [5.41, 5.74) is 0. The highest BCUT2D eigenvalue weighted by atomic mass is 19.2. The van der Waals surface area contributed by atoms with Crippen molar-refractivity contribution in [2.24, 2.45) is 0 Å². The van der Waals surface area contributed by atoms with Gasteiger partial charge in [0.25, 0.3) is 0 Å². The summed E-state index contributed by atoms with van der Waals surface area (Å²) in [5.74, 6) is 0.0220. The molecule has 2 atom stereocenters. The fourth-order valence-electron chi connectivity index (χ4n) is 0.972. The van der Waals surface area contributed by atoms with E-state index in [1.807, 2.05) is 0 Å². The maximum absolute atomic E-state index is 12.6. The van der Waals surface area contributed by atoms with Gasteiger partial charge in [0.15, 0.2) is 6.10 Å². The van der Waals surface area contributed by atoms with Crippen LogP contribution in [0, 0.1) is 5.82 Å². The number of hydrogen-bond donors (Lipinski definition) is 0. The van der Waals surface area contributed by atoms with Crippen molar-refractivity contribution in [3.05, 3.63) is 30.1 Å². The highest BCUT2D eigenvalue weighted by Crippen LogP contribution is 2.24. The molecule has 1 aliphatic rings. The van der Waals surface area contributed by atoms with Gasteiger partial charge < -0.3 is 9.47 Å². The van der Waals surface area contributed by atoms with E-state index in [0.29, 0.717) is 5.75 Å². The lowest BCUT2D eigenvalue weighted by Crippen LogP contribution is -2.05. The molecule has 2 rings (SSSR count). The lowest BCUT2D eigenvalue weighted by Gasteiger charge is -2.02. The van der Waals surface area contributed by atoms with E-state index >= 15 is 0 Å². The number of hydrogen-bond acceptors (Lipinski definition) is 2. The van der Waals surface area contributed by atoms with E-state index in [2.05, 4.69) is 4.74 Å². The Balaban J connectivity index is 1.87. The van der Waals surface area contributed by atoms with Crippen molar-refractivity contribution in [2.75, 3.05) is 6.61 Å². The molecule has 0 amide bonds. The zero-order valence-corrected chi connectivity index (χ0v) is 6.74. The Labute approximate surface area is 74.1 Å². The maximum atomic E-state index is 12.6. The lowest BCUT2D eigenvalue weighted by atomic mass is 10.3. The topological polar surface area (TPSA) is 21.8 Å². The largest absolute Gasteiger partial charge is 0.491 e. The summed E-state index contributed by atoms with van der Waals surface area (Å²) in [5, 5.41) is 0. The zero-order valence-electron chi connectivity index (χ0n) is 6.74. The highest BCUT2D eigenvalue weighted by molar-refractivity contribution is 5.22. The smallest absolute Gasteiger partial charge is 0.229 e. The molecule has 1 aliphatic heterocycles. The second-order valence-electron chi connectivity index (χ2n) is 2.79. The van der Waals surface area contributed by atoms with Crippen molar-refractivity contribution < 1.29 is 18.3 Å². The molecule has 70 valence electrons. The first-order chi connectivity index (χ1) is 6.25. The first-order valence-electron chi connectivity index (χ1n) is 3.93. The Morgan fingerprint density at radius 1 is 1.46 bits per heavy atom. The fourth-order valence-corrected chi connectivity index (χ4v) is 0.972. The van der Waals surface area contributed by atoms with Crippen LogP contribution >= 0.6 is 0 Å². The number of epoxide rings is 1. The molecule has 2 nitrogen and oxygen atoms in total. The Bertz CT molecular complexity index is 303. The predicted octanol–water partition coefficient (Wildman–Crippen LogP) is 1.90. The quantitative estimate of drug-likeness (QED) is 0.672. The second kappa shape index (κ2) is 3.30. The third-order valence-electron chi connectivity index (χ3n) is 1.73. The first-order valence-corrected chi connectivity index (χ1v) is 3.93. The van der Waals surface area contributed by atoms with Crippen LogP contribution in [0.5, 0.6) is 5.75 Å². The Kier molecular flexibility index (Phi) is 2.14. The van der Waals surface area contributed by atoms with E-state index in [1.165, 1.54) is 18.2 Å². The minimum absolute atomic E-state index is 0.130. The Morgan fingerprint density at radius 2 is 2.23 bits per heavy atom. The van der Waals surface area contributed by atoms with Gasteiger partial charge in [0.05, 0.1) is 0 Å². The van der Waals surface area contributed by atoms with Gasteiger partial charge in [0, 0.05) is 6.07 Å². The molecule has 0 aromatic heterocycles.